The predicted molar refractivity (Wildman–Crippen MR) is 97.9 cm³/mol. The highest BCUT2D eigenvalue weighted by Crippen LogP contribution is 2.24. The summed E-state index contributed by atoms with van der Waals surface area (Å²) in [6, 6.07) is 9.83. The first-order valence-electron chi connectivity index (χ1n) is 8.74. The molecule has 0 spiro atoms. The van der Waals surface area contributed by atoms with Crippen LogP contribution < -0.4 is 5.32 Å². The van der Waals surface area contributed by atoms with Crippen LogP contribution in [0, 0.1) is 5.92 Å². The zero-order valence-corrected chi connectivity index (χ0v) is 15.0. The van der Waals surface area contributed by atoms with Crippen molar-refractivity contribution in [1.82, 2.24) is 24.6 Å². The quantitative estimate of drug-likeness (QED) is 0.719. The number of aryl methyl sites for hydroxylation is 2. The largest absolute Gasteiger partial charge is 0.346 e. The van der Waals surface area contributed by atoms with Crippen molar-refractivity contribution < 1.29 is 4.79 Å². The molecule has 0 radical (unpaired) electrons. The van der Waals surface area contributed by atoms with Crippen LogP contribution in [0.25, 0.3) is 11.0 Å². The van der Waals surface area contributed by atoms with E-state index >= 15 is 0 Å². The summed E-state index contributed by atoms with van der Waals surface area (Å²) in [7, 11) is 2.00. The topological polar surface area (TPSA) is 64.7 Å². The number of nitrogens with one attached hydrogen (secondary N) is 1. The number of carbonyl (C=O) groups excluding carboxylic acids is 1. The first-order chi connectivity index (χ1) is 12.1. The molecule has 0 unspecified atom stereocenters. The molecule has 6 heteroatoms. The van der Waals surface area contributed by atoms with Gasteiger partial charge in [0, 0.05) is 32.4 Å². The van der Waals surface area contributed by atoms with Crippen molar-refractivity contribution in [3.63, 3.8) is 0 Å². The van der Waals surface area contributed by atoms with Crippen molar-refractivity contribution in [2.45, 2.75) is 39.3 Å². The smallest absolute Gasteiger partial charge is 0.220 e. The number of amides is 1. The average Bonchev–Trinajstić information content (AvgIpc) is 3.21. The molecule has 1 amide bonds. The zero-order chi connectivity index (χ0) is 17.8. The van der Waals surface area contributed by atoms with E-state index in [0.29, 0.717) is 6.42 Å². The number of hydrogen-bond donors (Lipinski definition) is 1. The lowest BCUT2D eigenvalue weighted by Gasteiger charge is -2.22. The van der Waals surface area contributed by atoms with Crippen molar-refractivity contribution in [3.05, 3.63) is 48.5 Å². The molecule has 1 aromatic carbocycles. The Bertz CT molecular complexity index is 835. The number of benzene rings is 1. The van der Waals surface area contributed by atoms with Gasteiger partial charge < -0.3 is 9.88 Å². The van der Waals surface area contributed by atoms with Crippen LogP contribution in [0.3, 0.4) is 0 Å². The number of para-hydroxylation sites is 2. The number of aromatic nitrogens is 4. The minimum Gasteiger partial charge on any atom is -0.346 e. The second kappa shape index (κ2) is 7.51. The van der Waals surface area contributed by atoms with Gasteiger partial charge in [-0.15, -0.1) is 0 Å². The summed E-state index contributed by atoms with van der Waals surface area (Å²) in [5.41, 5.74) is 2.04. The lowest BCUT2D eigenvalue weighted by molar-refractivity contribution is -0.122. The van der Waals surface area contributed by atoms with Crippen molar-refractivity contribution >= 4 is 16.9 Å². The fourth-order valence-corrected chi connectivity index (χ4v) is 3.05. The minimum absolute atomic E-state index is 0.0536. The molecule has 2 heterocycles. The molecule has 0 fully saturated rings. The van der Waals surface area contributed by atoms with Crippen LogP contribution in [0.2, 0.25) is 0 Å². The van der Waals surface area contributed by atoms with Crippen LogP contribution >= 0.6 is 0 Å². The van der Waals surface area contributed by atoms with Gasteiger partial charge in [0.15, 0.2) is 0 Å². The summed E-state index contributed by atoms with van der Waals surface area (Å²) < 4.78 is 3.92. The Balaban J connectivity index is 1.68. The first-order valence-corrected chi connectivity index (χ1v) is 8.74. The van der Waals surface area contributed by atoms with Crippen molar-refractivity contribution in [3.8, 4) is 0 Å². The summed E-state index contributed by atoms with van der Waals surface area (Å²) in [5.74, 6) is 1.21. The van der Waals surface area contributed by atoms with Crippen LogP contribution in [0.15, 0.2) is 42.7 Å². The Morgan fingerprint density at radius 2 is 2.04 bits per heavy atom. The lowest BCUT2D eigenvalue weighted by atomic mass is 10.0. The first kappa shape index (κ1) is 17.2. The van der Waals surface area contributed by atoms with Crippen LogP contribution in [0.4, 0.5) is 0 Å². The Kier molecular flexibility index (Phi) is 5.16. The number of nitrogens with zero attached hydrogens (tertiary/aromatic N) is 4. The van der Waals surface area contributed by atoms with E-state index in [1.165, 1.54) is 0 Å². The minimum atomic E-state index is -0.102. The summed E-state index contributed by atoms with van der Waals surface area (Å²) in [5, 5.41) is 7.32. The molecule has 132 valence electrons. The number of carbonyl (C=O) groups is 1. The van der Waals surface area contributed by atoms with E-state index in [-0.39, 0.29) is 17.9 Å². The molecule has 2 aromatic heterocycles. The third kappa shape index (κ3) is 3.90. The zero-order valence-electron chi connectivity index (χ0n) is 15.0. The molecule has 1 N–H and O–H groups in total. The molecule has 25 heavy (non-hydrogen) atoms. The highest BCUT2D eigenvalue weighted by atomic mass is 16.1. The van der Waals surface area contributed by atoms with Crippen molar-refractivity contribution in [2.24, 2.45) is 13.0 Å². The van der Waals surface area contributed by atoms with Gasteiger partial charge in [0.1, 0.15) is 5.82 Å². The summed E-state index contributed by atoms with van der Waals surface area (Å²) in [6.45, 7) is 4.96. The van der Waals surface area contributed by atoms with Crippen LogP contribution in [0.5, 0.6) is 0 Å². The predicted octanol–water partition coefficient (Wildman–Crippen LogP) is 3.06. The van der Waals surface area contributed by atoms with Crippen molar-refractivity contribution in [2.75, 3.05) is 0 Å². The third-order valence-electron chi connectivity index (χ3n) is 4.43. The van der Waals surface area contributed by atoms with Gasteiger partial charge in [0.25, 0.3) is 0 Å². The SMILES string of the molecule is CC(C)[C@H](NC(=O)CCCn1cccn1)c1nc2ccccc2n1C. The molecular weight excluding hydrogens is 314 g/mol. The fourth-order valence-electron chi connectivity index (χ4n) is 3.05. The highest BCUT2D eigenvalue weighted by molar-refractivity contribution is 5.78. The van der Waals surface area contributed by atoms with E-state index in [0.717, 1.165) is 29.8 Å². The molecule has 3 aromatic rings. The second-order valence-corrected chi connectivity index (χ2v) is 6.68. The van der Waals surface area contributed by atoms with Gasteiger partial charge in [0.05, 0.1) is 17.1 Å². The summed E-state index contributed by atoms with van der Waals surface area (Å²) in [6.07, 6.45) is 4.91. The molecule has 1 atom stereocenters. The lowest BCUT2D eigenvalue weighted by Crippen LogP contribution is -2.33. The van der Waals surface area contributed by atoms with E-state index in [9.17, 15) is 4.79 Å². The van der Waals surface area contributed by atoms with Gasteiger partial charge >= 0.3 is 0 Å². The number of rotatable bonds is 7. The molecule has 6 nitrogen and oxygen atoms in total. The van der Waals surface area contributed by atoms with E-state index < -0.39 is 0 Å². The molecule has 0 saturated carbocycles. The van der Waals surface area contributed by atoms with Gasteiger partial charge in [-0.05, 0) is 30.5 Å². The molecule has 0 aliphatic rings. The molecule has 3 rings (SSSR count). The summed E-state index contributed by atoms with van der Waals surface area (Å²) in [4.78, 5) is 17.2. The van der Waals surface area contributed by atoms with Gasteiger partial charge in [-0.2, -0.15) is 5.10 Å². The monoisotopic (exact) mass is 339 g/mol. The van der Waals surface area contributed by atoms with E-state index in [2.05, 4.69) is 34.9 Å². The maximum atomic E-state index is 12.4. The van der Waals surface area contributed by atoms with Gasteiger partial charge in [-0.3, -0.25) is 9.48 Å². The van der Waals surface area contributed by atoms with E-state index in [4.69, 9.17) is 4.98 Å². The van der Waals surface area contributed by atoms with E-state index in [1.807, 2.05) is 42.2 Å². The fraction of sp³-hybridized carbons (Fsp3) is 0.421. The molecule has 0 aliphatic carbocycles. The van der Waals surface area contributed by atoms with Crippen LogP contribution in [-0.4, -0.2) is 25.2 Å². The average molecular weight is 339 g/mol. The number of fused-ring (bicyclic) bond motifs is 1. The van der Waals surface area contributed by atoms with Crippen LogP contribution in [0.1, 0.15) is 38.6 Å². The van der Waals surface area contributed by atoms with Crippen LogP contribution in [-0.2, 0) is 18.4 Å². The van der Waals surface area contributed by atoms with Gasteiger partial charge in [-0.1, -0.05) is 26.0 Å². The maximum Gasteiger partial charge on any atom is 0.220 e. The number of imidazole rings is 1. The third-order valence-corrected chi connectivity index (χ3v) is 4.43. The maximum absolute atomic E-state index is 12.4. The molecular formula is C19H25N5O. The molecule has 0 saturated heterocycles. The summed E-state index contributed by atoms with van der Waals surface area (Å²) >= 11 is 0. The van der Waals surface area contributed by atoms with Gasteiger partial charge in [0.2, 0.25) is 5.91 Å². The second-order valence-electron chi connectivity index (χ2n) is 6.68. The van der Waals surface area contributed by atoms with Crippen molar-refractivity contribution in [1.29, 1.82) is 0 Å². The Hall–Kier alpha value is -2.63. The Labute approximate surface area is 147 Å². The standard InChI is InChI=1S/C19H25N5O/c1-14(2)18(19-21-15-8-4-5-9-16(15)23(19)3)22-17(25)10-6-12-24-13-7-11-20-24/h4-5,7-9,11,13-14,18H,6,10,12H2,1-3H3,(H,22,25)/t18-/m0/s1. The Morgan fingerprint density at radius 3 is 2.72 bits per heavy atom. The Morgan fingerprint density at radius 1 is 1.24 bits per heavy atom. The highest BCUT2D eigenvalue weighted by Gasteiger charge is 2.23. The normalized spacial score (nSPS) is 12.6. The molecule has 0 bridgehead atoms. The van der Waals surface area contributed by atoms with Gasteiger partial charge in [-0.25, -0.2) is 4.98 Å². The number of hydrogen-bond acceptors (Lipinski definition) is 3. The molecule has 0 aliphatic heterocycles. The van der Waals surface area contributed by atoms with E-state index in [1.54, 1.807) is 6.20 Å².